The van der Waals surface area contributed by atoms with Crippen molar-refractivity contribution in [3.05, 3.63) is 35.4 Å². The van der Waals surface area contributed by atoms with Gasteiger partial charge in [0, 0.05) is 25.7 Å². The predicted molar refractivity (Wildman–Crippen MR) is 216 cm³/mol. The second-order valence-corrected chi connectivity index (χ2v) is 15.7. The van der Waals surface area contributed by atoms with Crippen LogP contribution in [0.4, 0.5) is 0 Å². The first-order valence-electron chi connectivity index (χ1n) is 19.3. The summed E-state index contributed by atoms with van der Waals surface area (Å²) in [5.74, 6) is -4.44. The maximum Gasteiger partial charge on any atom is 0.305 e. The summed E-state index contributed by atoms with van der Waals surface area (Å²) >= 11 is 0. The van der Waals surface area contributed by atoms with E-state index in [1.165, 1.54) is 0 Å². The van der Waals surface area contributed by atoms with Crippen LogP contribution in [0.5, 0.6) is 0 Å². The topological polar surface area (TPSA) is 304 Å². The highest BCUT2D eigenvalue weighted by Gasteiger charge is 2.38. The van der Waals surface area contributed by atoms with Crippen molar-refractivity contribution in [2.45, 2.75) is 136 Å². The van der Waals surface area contributed by atoms with Crippen molar-refractivity contribution in [2.75, 3.05) is 0 Å². The van der Waals surface area contributed by atoms with E-state index in [4.69, 9.17) is 5.11 Å². The normalized spacial score (nSPS) is 13.9. The summed E-state index contributed by atoms with van der Waals surface area (Å²) < 4.78 is 0. The first-order valence-corrected chi connectivity index (χ1v) is 19.3. The summed E-state index contributed by atoms with van der Waals surface area (Å²) in [7, 11) is 0. The van der Waals surface area contributed by atoms with Gasteiger partial charge in [-0.1, -0.05) is 58.9 Å². The van der Waals surface area contributed by atoms with Gasteiger partial charge in [-0.25, -0.2) is 0 Å². The third-order valence-electron chi connectivity index (χ3n) is 8.94. The molecule has 1 aromatic rings. The standard InChI is InChI=1S/C41H58N6O13/c1-8-9-14-26(22-48)42-37(57)28(19-23(2)3)46-40(60)35(41(5,6)7)47-39(59)29(20-25-13-11-10-12-24(25)4)45-36(56)27(15-17-32(50)51)44-38(58)30(21-34(54)55)43-31(49)16-18-33(52)53/h10-13,22-23,26-30,35H,14-21H2,1-7H3,(H,42,57)(H,43,49)(H,44,58)(H,45,56)(H,46,60)(H,47,59)(H,50,51)(H,52,53)(H,54,55)/t26?,27-,28-,29-,30-,35+/m0/s1. The van der Waals surface area contributed by atoms with Crippen LogP contribution in [-0.4, -0.2) is 111 Å². The number of nitrogens with one attached hydrogen (secondary N) is 6. The summed E-state index contributed by atoms with van der Waals surface area (Å²) in [4.78, 5) is 127. The molecule has 0 aliphatic carbocycles. The molecule has 0 bridgehead atoms. The maximum absolute atomic E-state index is 14.2. The molecular weight excluding hydrogens is 784 g/mol. The highest BCUT2D eigenvalue weighted by Crippen LogP contribution is 2.21. The Hall–Kier alpha value is -6.32. The van der Waals surface area contributed by atoms with E-state index in [9.17, 15) is 58.2 Å². The SMILES string of the molecule is CC#CCC(C=O)NC(=O)[C@H](CC(C)C)NC(=O)[C@@H](NC(=O)[C@H](Cc1ccccc1C)NC(=O)[C@H](CCC(=O)O)NC(=O)[C@H](CC(=O)O)NC(=O)CCC(=O)O)C(C)(C)C. The summed E-state index contributed by atoms with van der Waals surface area (Å²) in [5, 5.41) is 42.6. The third kappa shape index (κ3) is 19.4. The number of aryl methyl sites for hydroxylation is 1. The van der Waals surface area contributed by atoms with Crippen LogP contribution in [0.2, 0.25) is 0 Å². The number of amides is 6. The molecule has 6 amide bonds. The van der Waals surface area contributed by atoms with Crippen LogP contribution in [-0.2, 0) is 54.4 Å². The number of aldehydes is 1. The summed E-state index contributed by atoms with van der Waals surface area (Å²) in [5.41, 5.74) is 0.323. The molecule has 1 rings (SSSR count). The first kappa shape index (κ1) is 51.7. The largest absolute Gasteiger partial charge is 0.481 e. The molecule has 0 fully saturated rings. The fraction of sp³-hybridized carbons (Fsp3) is 0.561. The lowest BCUT2D eigenvalue weighted by Gasteiger charge is -2.33. The zero-order chi connectivity index (χ0) is 45.7. The molecule has 1 aromatic carbocycles. The van der Waals surface area contributed by atoms with Gasteiger partial charge in [0.05, 0.1) is 18.9 Å². The Morgan fingerprint density at radius 2 is 1.23 bits per heavy atom. The van der Waals surface area contributed by atoms with E-state index in [2.05, 4.69) is 43.7 Å². The molecule has 0 aliphatic rings. The maximum atomic E-state index is 14.2. The van der Waals surface area contributed by atoms with Crippen LogP contribution in [0.3, 0.4) is 0 Å². The number of hydrogen-bond acceptors (Lipinski definition) is 10. The van der Waals surface area contributed by atoms with E-state index >= 15 is 0 Å². The van der Waals surface area contributed by atoms with Gasteiger partial charge >= 0.3 is 17.9 Å². The number of carbonyl (C=O) groups excluding carboxylic acids is 7. The molecule has 0 aromatic heterocycles. The van der Waals surface area contributed by atoms with Crippen LogP contribution in [0, 0.1) is 30.1 Å². The number of rotatable bonds is 25. The average molecular weight is 843 g/mol. The molecule has 1 unspecified atom stereocenters. The smallest absolute Gasteiger partial charge is 0.305 e. The number of benzene rings is 1. The van der Waals surface area contributed by atoms with E-state index < -0.39 is 127 Å². The zero-order valence-electron chi connectivity index (χ0n) is 35.0. The molecule has 0 heterocycles. The van der Waals surface area contributed by atoms with Gasteiger partial charge in [0.25, 0.3) is 0 Å². The van der Waals surface area contributed by atoms with Gasteiger partial charge in [0.1, 0.15) is 36.5 Å². The zero-order valence-corrected chi connectivity index (χ0v) is 35.0. The molecular formula is C41H58N6O13. The second-order valence-electron chi connectivity index (χ2n) is 15.7. The molecule has 19 nitrogen and oxygen atoms in total. The van der Waals surface area contributed by atoms with Crippen LogP contribution < -0.4 is 31.9 Å². The summed E-state index contributed by atoms with van der Waals surface area (Å²) in [6, 6.07) is -1.44. The third-order valence-corrected chi connectivity index (χ3v) is 8.94. The van der Waals surface area contributed by atoms with Gasteiger partial charge in [-0.15, -0.1) is 11.8 Å². The summed E-state index contributed by atoms with van der Waals surface area (Å²) in [6.45, 7) is 11.9. The lowest BCUT2D eigenvalue weighted by molar-refractivity contribution is -0.142. The number of aliphatic carboxylic acids is 3. The molecule has 60 heavy (non-hydrogen) atoms. The van der Waals surface area contributed by atoms with E-state index in [1.54, 1.807) is 58.9 Å². The predicted octanol–water partition coefficient (Wildman–Crippen LogP) is 0.355. The minimum Gasteiger partial charge on any atom is -0.481 e. The van der Waals surface area contributed by atoms with Crippen molar-refractivity contribution < 1.29 is 63.3 Å². The van der Waals surface area contributed by atoms with E-state index in [1.807, 2.05) is 13.8 Å². The van der Waals surface area contributed by atoms with Gasteiger partial charge < -0.3 is 52.0 Å². The highest BCUT2D eigenvalue weighted by molar-refractivity contribution is 5.98. The Morgan fingerprint density at radius 1 is 0.683 bits per heavy atom. The summed E-state index contributed by atoms with van der Waals surface area (Å²) in [6.07, 6.45) is -2.80. The number of hydrogen-bond donors (Lipinski definition) is 9. The number of carbonyl (C=O) groups is 10. The van der Waals surface area contributed by atoms with Crippen molar-refractivity contribution in [1.29, 1.82) is 0 Å². The molecule has 330 valence electrons. The second kappa shape index (κ2) is 25.2. The minimum absolute atomic E-state index is 0.0533. The molecule has 0 aliphatic heterocycles. The Morgan fingerprint density at radius 3 is 1.77 bits per heavy atom. The quantitative estimate of drug-likeness (QED) is 0.0475. The average Bonchev–Trinajstić information content (AvgIpc) is 3.14. The molecule has 19 heteroatoms. The Kier molecular flexibility index (Phi) is 21.7. The molecule has 0 saturated carbocycles. The number of carboxylic acid groups (broad SMARTS) is 3. The van der Waals surface area contributed by atoms with E-state index in [-0.39, 0.29) is 25.2 Å². The molecule has 9 N–H and O–H groups in total. The van der Waals surface area contributed by atoms with Crippen molar-refractivity contribution in [3.8, 4) is 11.8 Å². The van der Waals surface area contributed by atoms with E-state index in [0.29, 0.717) is 11.8 Å². The van der Waals surface area contributed by atoms with Crippen molar-refractivity contribution in [1.82, 2.24) is 31.9 Å². The fourth-order valence-corrected chi connectivity index (χ4v) is 5.73. The van der Waals surface area contributed by atoms with Crippen molar-refractivity contribution in [3.63, 3.8) is 0 Å². The van der Waals surface area contributed by atoms with Gasteiger partial charge in [-0.05, 0) is 49.1 Å². The Bertz CT molecular complexity index is 1800. The lowest BCUT2D eigenvalue weighted by atomic mass is 9.85. The lowest BCUT2D eigenvalue weighted by Crippen LogP contribution is -2.62. The molecule has 0 radical (unpaired) electrons. The van der Waals surface area contributed by atoms with Gasteiger partial charge in [0.2, 0.25) is 35.4 Å². The highest BCUT2D eigenvalue weighted by atomic mass is 16.4. The van der Waals surface area contributed by atoms with Crippen molar-refractivity contribution in [2.24, 2.45) is 11.3 Å². The monoisotopic (exact) mass is 842 g/mol. The van der Waals surface area contributed by atoms with Crippen LogP contribution in [0.1, 0.15) is 97.6 Å². The first-order chi connectivity index (χ1) is 28.0. The fourth-order valence-electron chi connectivity index (χ4n) is 5.73. The van der Waals surface area contributed by atoms with E-state index in [0.717, 1.165) is 5.56 Å². The van der Waals surface area contributed by atoms with Gasteiger partial charge in [-0.3, -0.25) is 43.2 Å². The Balaban J connectivity index is 3.55. The molecule has 0 saturated heterocycles. The van der Waals surface area contributed by atoms with Crippen LogP contribution in [0.25, 0.3) is 0 Å². The minimum atomic E-state index is -1.79. The van der Waals surface area contributed by atoms with Crippen LogP contribution in [0.15, 0.2) is 24.3 Å². The Labute approximate surface area is 349 Å². The molecule has 0 spiro atoms. The van der Waals surface area contributed by atoms with Crippen molar-refractivity contribution >= 4 is 59.6 Å². The van der Waals surface area contributed by atoms with Crippen LogP contribution >= 0.6 is 0 Å². The van der Waals surface area contributed by atoms with Gasteiger partial charge in [-0.2, -0.15) is 0 Å². The number of carboxylic acids is 3. The van der Waals surface area contributed by atoms with Gasteiger partial charge in [0.15, 0.2) is 0 Å². The molecule has 6 atom stereocenters.